The van der Waals surface area contributed by atoms with Crippen molar-refractivity contribution in [1.29, 1.82) is 0 Å². The van der Waals surface area contributed by atoms with Crippen LogP contribution in [0, 0.1) is 5.41 Å². The summed E-state index contributed by atoms with van der Waals surface area (Å²) in [5, 5.41) is 3.61. The third kappa shape index (κ3) is 3.15. The number of nitrogens with zero attached hydrogens (tertiary/aromatic N) is 1. The fraction of sp³-hybridized carbons (Fsp3) is 0.263. The first kappa shape index (κ1) is 15.8. The van der Waals surface area contributed by atoms with Gasteiger partial charge in [0.1, 0.15) is 6.04 Å². The average Bonchev–Trinajstić information content (AvgIpc) is 2.64. The minimum Gasteiger partial charge on any atom is -0.324 e. The molecular formula is C19H19ClN2O. The highest BCUT2D eigenvalue weighted by atomic mass is 35.5. The quantitative estimate of drug-likeness (QED) is 0.821. The first-order valence-electron chi connectivity index (χ1n) is 7.60. The Morgan fingerprint density at radius 1 is 1.09 bits per heavy atom. The normalized spacial score (nSPS) is 17.8. The number of fused-ring (bicyclic) bond motifs is 1. The third-order valence-corrected chi connectivity index (χ3v) is 4.10. The number of nitrogens with one attached hydrogen (secondary N) is 1. The van der Waals surface area contributed by atoms with Crippen molar-refractivity contribution in [3.63, 3.8) is 0 Å². The van der Waals surface area contributed by atoms with Crippen LogP contribution < -0.4 is 5.32 Å². The van der Waals surface area contributed by atoms with E-state index in [0.717, 1.165) is 22.5 Å². The third-order valence-electron chi connectivity index (χ3n) is 3.87. The Kier molecular flexibility index (Phi) is 3.99. The number of anilines is 1. The van der Waals surface area contributed by atoms with Crippen LogP contribution in [0.25, 0.3) is 0 Å². The van der Waals surface area contributed by atoms with E-state index in [0.29, 0.717) is 5.02 Å². The lowest BCUT2D eigenvalue weighted by Crippen LogP contribution is -2.36. The zero-order chi connectivity index (χ0) is 16.6. The molecule has 2 aromatic rings. The number of carbonyl (C=O) groups excluding carboxylic acids is 1. The molecule has 1 amide bonds. The molecule has 1 heterocycles. The van der Waals surface area contributed by atoms with Gasteiger partial charge in [-0.2, -0.15) is 0 Å². The van der Waals surface area contributed by atoms with Crippen molar-refractivity contribution in [3.8, 4) is 0 Å². The van der Waals surface area contributed by atoms with Crippen molar-refractivity contribution in [2.24, 2.45) is 10.4 Å². The predicted molar refractivity (Wildman–Crippen MR) is 95.4 cm³/mol. The summed E-state index contributed by atoms with van der Waals surface area (Å²) in [4.78, 5) is 17.5. The summed E-state index contributed by atoms with van der Waals surface area (Å²) in [6.07, 6.45) is 0. The van der Waals surface area contributed by atoms with Crippen LogP contribution in [0.1, 0.15) is 31.9 Å². The van der Waals surface area contributed by atoms with Crippen LogP contribution in [0.15, 0.2) is 53.5 Å². The summed E-state index contributed by atoms with van der Waals surface area (Å²) in [6, 6.07) is 14.9. The molecule has 3 nitrogen and oxygen atoms in total. The molecule has 2 aromatic carbocycles. The smallest absolute Gasteiger partial charge is 0.249 e. The minimum atomic E-state index is -0.469. The Hall–Kier alpha value is -2.13. The van der Waals surface area contributed by atoms with E-state index in [9.17, 15) is 4.79 Å². The fourth-order valence-electron chi connectivity index (χ4n) is 2.69. The zero-order valence-electron chi connectivity index (χ0n) is 13.4. The number of benzene rings is 2. The van der Waals surface area contributed by atoms with Crippen LogP contribution >= 0.6 is 11.6 Å². The van der Waals surface area contributed by atoms with Crippen LogP contribution in [-0.4, -0.2) is 17.7 Å². The molecule has 0 aliphatic carbocycles. The molecule has 1 aliphatic heterocycles. The molecule has 0 radical (unpaired) electrons. The second-order valence-corrected chi connectivity index (χ2v) is 7.23. The molecule has 1 atom stereocenters. The van der Waals surface area contributed by atoms with Crippen LogP contribution in [0.4, 0.5) is 5.69 Å². The summed E-state index contributed by atoms with van der Waals surface area (Å²) >= 11 is 6.18. The van der Waals surface area contributed by atoms with Gasteiger partial charge < -0.3 is 5.32 Å². The van der Waals surface area contributed by atoms with E-state index in [1.165, 1.54) is 0 Å². The molecule has 0 saturated heterocycles. The molecule has 3 rings (SSSR count). The van der Waals surface area contributed by atoms with Gasteiger partial charge in [0.15, 0.2) is 0 Å². The lowest BCUT2D eigenvalue weighted by molar-refractivity contribution is -0.119. The summed E-state index contributed by atoms with van der Waals surface area (Å²) in [5.41, 5.74) is 3.08. The molecule has 0 fully saturated rings. The largest absolute Gasteiger partial charge is 0.324 e. The van der Waals surface area contributed by atoms with Gasteiger partial charge >= 0.3 is 0 Å². The molecule has 0 spiro atoms. The van der Waals surface area contributed by atoms with Gasteiger partial charge in [0.05, 0.1) is 11.4 Å². The number of hydrogen-bond acceptors (Lipinski definition) is 2. The molecule has 0 bridgehead atoms. The van der Waals surface area contributed by atoms with Gasteiger partial charge in [-0.05, 0) is 23.6 Å². The second kappa shape index (κ2) is 5.82. The highest BCUT2D eigenvalue weighted by Crippen LogP contribution is 2.32. The maximum Gasteiger partial charge on any atom is 0.249 e. The van der Waals surface area contributed by atoms with Crippen molar-refractivity contribution in [1.82, 2.24) is 0 Å². The van der Waals surface area contributed by atoms with E-state index in [1.54, 1.807) is 6.07 Å². The molecule has 0 unspecified atom stereocenters. The van der Waals surface area contributed by atoms with Crippen molar-refractivity contribution < 1.29 is 4.79 Å². The van der Waals surface area contributed by atoms with Gasteiger partial charge in [-0.25, -0.2) is 0 Å². The van der Waals surface area contributed by atoms with Crippen LogP contribution in [0.3, 0.4) is 0 Å². The number of rotatable bonds is 1. The molecule has 118 valence electrons. The number of hydrogen-bond donors (Lipinski definition) is 1. The standard InChI is InChI=1S/C19H19ClN2O/c1-19(2,3)17-18(23)21-15-10-9-13(20)11-14(15)16(22-17)12-7-5-4-6-8-12/h4-11,17H,1-3H3,(H,21,23)/t17-/m1/s1. The molecule has 23 heavy (non-hydrogen) atoms. The molecular weight excluding hydrogens is 308 g/mol. The lowest BCUT2D eigenvalue weighted by atomic mass is 9.86. The van der Waals surface area contributed by atoms with Gasteiger partial charge in [0, 0.05) is 16.1 Å². The Labute approximate surface area is 141 Å². The minimum absolute atomic E-state index is 0.0907. The van der Waals surface area contributed by atoms with E-state index in [-0.39, 0.29) is 11.3 Å². The Morgan fingerprint density at radius 3 is 2.43 bits per heavy atom. The Morgan fingerprint density at radius 2 is 1.78 bits per heavy atom. The van der Waals surface area contributed by atoms with E-state index < -0.39 is 6.04 Å². The Bertz CT molecular complexity index is 776. The van der Waals surface area contributed by atoms with E-state index in [2.05, 4.69) is 5.32 Å². The van der Waals surface area contributed by atoms with Gasteiger partial charge in [0.25, 0.3) is 0 Å². The van der Waals surface area contributed by atoms with E-state index in [4.69, 9.17) is 16.6 Å². The van der Waals surface area contributed by atoms with Gasteiger partial charge in [-0.1, -0.05) is 62.7 Å². The molecule has 0 aromatic heterocycles. The first-order valence-corrected chi connectivity index (χ1v) is 7.98. The SMILES string of the molecule is CC(C)(C)[C@@H]1N=C(c2ccccc2)c2cc(Cl)ccc2NC1=O. The predicted octanol–water partition coefficient (Wildman–Crippen LogP) is 4.54. The lowest BCUT2D eigenvalue weighted by Gasteiger charge is -2.25. The van der Waals surface area contributed by atoms with Crippen LogP contribution in [-0.2, 0) is 4.79 Å². The topological polar surface area (TPSA) is 41.5 Å². The molecule has 1 aliphatic rings. The number of amides is 1. The van der Waals surface area contributed by atoms with E-state index >= 15 is 0 Å². The number of halogens is 1. The molecule has 4 heteroatoms. The average molecular weight is 327 g/mol. The highest BCUT2D eigenvalue weighted by molar-refractivity contribution is 6.32. The van der Waals surface area contributed by atoms with Crippen molar-refractivity contribution in [2.75, 3.05) is 5.32 Å². The number of carbonyl (C=O) groups is 1. The zero-order valence-corrected chi connectivity index (χ0v) is 14.2. The van der Waals surface area contributed by atoms with Crippen molar-refractivity contribution >= 4 is 28.9 Å². The number of benzodiazepines with no additional fused rings is 1. The number of aliphatic imine (C=N–C) groups is 1. The van der Waals surface area contributed by atoms with Gasteiger partial charge in [-0.3, -0.25) is 9.79 Å². The first-order chi connectivity index (χ1) is 10.9. The maximum atomic E-state index is 12.6. The van der Waals surface area contributed by atoms with Crippen LogP contribution in [0.2, 0.25) is 5.02 Å². The van der Waals surface area contributed by atoms with E-state index in [1.807, 2.05) is 63.2 Å². The monoisotopic (exact) mass is 326 g/mol. The Balaban J connectivity index is 2.25. The molecule has 0 saturated carbocycles. The summed E-state index contributed by atoms with van der Waals surface area (Å²) in [5.74, 6) is -0.0907. The molecule has 1 N–H and O–H groups in total. The fourth-order valence-corrected chi connectivity index (χ4v) is 2.86. The second-order valence-electron chi connectivity index (χ2n) is 6.79. The maximum absolute atomic E-state index is 12.6. The highest BCUT2D eigenvalue weighted by Gasteiger charge is 2.34. The summed E-state index contributed by atoms with van der Waals surface area (Å²) in [7, 11) is 0. The van der Waals surface area contributed by atoms with Gasteiger partial charge in [0.2, 0.25) is 5.91 Å². The van der Waals surface area contributed by atoms with Crippen LogP contribution in [0.5, 0.6) is 0 Å². The summed E-state index contributed by atoms with van der Waals surface area (Å²) in [6.45, 7) is 6.06. The van der Waals surface area contributed by atoms with Gasteiger partial charge in [-0.15, -0.1) is 0 Å². The van der Waals surface area contributed by atoms with Crippen molar-refractivity contribution in [3.05, 3.63) is 64.7 Å². The van der Waals surface area contributed by atoms with Crippen molar-refractivity contribution in [2.45, 2.75) is 26.8 Å². The summed E-state index contributed by atoms with van der Waals surface area (Å²) < 4.78 is 0.